The molecule has 0 radical (unpaired) electrons. The molecule has 0 aliphatic rings. The summed E-state index contributed by atoms with van der Waals surface area (Å²) >= 11 is 0. The number of carboxylic acid groups (broad SMARTS) is 1. The number of aliphatic carboxylic acids is 1. The Morgan fingerprint density at radius 1 is 1.26 bits per heavy atom. The number of carbonyl (C=O) groups is 2. The number of para-hydroxylation sites is 1. The zero-order chi connectivity index (χ0) is 14.4. The topological polar surface area (TPSA) is 76.1 Å². The molecule has 104 valence electrons. The number of amides is 1. The largest absolute Gasteiger partial charge is 0.493 e. The van der Waals surface area contributed by atoms with E-state index >= 15 is 0 Å². The van der Waals surface area contributed by atoms with Crippen molar-refractivity contribution in [3.05, 3.63) is 23.8 Å². The molecule has 0 unspecified atom stereocenters. The first-order valence-electron chi connectivity index (χ1n) is 5.65. The fourth-order valence-electron chi connectivity index (χ4n) is 1.69. The molecule has 0 heterocycles. The van der Waals surface area contributed by atoms with E-state index < -0.39 is 18.3 Å². The molecule has 0 fully saturated rings. The molecule has 1 rings (SSSR count). The highest BCUT2D eigenvalue weighted by molar-refractivity contribution is 5.93. The summed E-state index contributed by atoms with van der Waals surface area (Å²) in [6.07, 6.45) is -0.525. The van der Waals surface area contributed by atoms with Crippen LogP contribution < -0.4 is 9.47 Å². The molecule has 1 N–H and O–H groups in total. The molecule has 0 bridgehead atoms. The van der Waals surface area contributed by atoms with Crippen molar-refractivity contribution < 1.29 is 24.2 Å². The molecule has 19 heavy (non-hydrogen) atoms. The molecule has 0 aromatic heterocycles. The molecule has 1 aromatic rings. The summed E-state index contributed by atoms with van der Waals surface area (Å²) in [5, 5.41) is 8.59. The Labute approximate surface area is 111 Å². The van der Waals surface area contributed by atoms with Gasteiger partial charge in [0.15, 0.2) is 11.5 Å². The number of nitrogens with zero attached hydrogens (tertiary/aromatic N) is 1. The predicted molar refractivity (Wildman–Crippen MR) is 68.3 cm³/mol. The van der Waals surface area contributed by atoms with Gasteiger partial charge in [-0.05, 0) is 6.07 Å². The quantitative estimate of drug-likeness (QED) is 0.782. The van der Waals surface area contributed by atoms with E-state index in [-0.39, 0.29) is 6.54 Å². The number of methoxy groups -OCH3 is 2. The molecule has 6 heteroatoms. The van der Waals surface area contributed by atoms with Crippen LogP contribution in [0.2, 0.25) is 0 Å². The van der Waals surface area contributed by atoms with E-state index in [2.05, 4.69) is 0 Å². The van der Waals surface area contributed by atoms with Crippen LogP contribution in [0.25, 0.3) is 0 Å². The lowest BCUT2D eigenvalue weighted by Gasteiger charge is -2.19. The summed E-state index contributed by atoms with van der Waals surface area (Å²) in [4.78, 5) is 23.4. The third-order valence-electron chi connectivity index (χ3n) is 2.62. The van der Waals surface area contributed by atoms with Crippen LogP contribution in [0, 0.1) is 0 Å². The smallest absolute Gasteiger partial charge is 0.312 e. The van der Waals surface area contributed by atoms with Crippen LogP contribution in [0.3, 0.4) is 0 Å². The minimum atomic E-state index is -1.14. The fourth-order valence-corrected chi connectivity index (χ4v) is 1.69. The number of rotatable bonds is 6. The van der Waals surface area contributed by atoms with E-state index in [1.807, 2.05) is 0 Å². The summed E-state index contributed by atoms with van der Waals surface area (Å²) < 4.78 is 10.4. The maximum absolute atomic E-state index is 11.6. The van der Waals surface area contributed by atoms with Crippen LogP contribution in [0.4, 0.5) is 0 Å². The Balaban J connectivity index is 2.87. The number of carbonyl (C=O) groups excluding carboxylic acids is 1. The van der Waals surface area contributed by atoms with Gasteiger partial charge in [0.05, 0.1) is 14.2 Å². The molecule has 1 aromatic carbocycles. The molecule has 0 spiro atoms. The van der Waals surface area contributed by atoms with Gasteiger partial charge in [-0.1, -0.05) is 12.1 Å². The first kappa shape index (κ1) is 14.8. The van der Waals surface area contributed by atoms with Gasteiger partial charge in [0.1, 0.15) is 6.42 Å². The summed E-state index contributed by atoms with van der Waals surface area (Å²) in [5.41, 5.74) is 0.753. The zero-order valence-corrected chi connectivity index (χ0v) is 11.2. The normalized spacial score (nSPS) is 9.84. The van der Waals surface area contributed by atoms with Crippen LogP contribution in [0.5, 0.6) is 11.5 Å². The average Bonchev–Trinajstić information content (AvgIpc) is 2.37. The molecule has 0 aliphatic carbocycles. The minimum absolute atomic E-state index is 0.256. The molecular formula is C13H17NO5. The van der Waals surface area contributed by atoms with E-state index in [1.54, 1.807) is 25.2 Å². The Kier molecular flexibility index (Phi) is 5.17. The van der Waals surface area contributed by atoms with Gasteiger partial charge in [-0.3, -0.25) is 9.59 Å². The Bertz CT molecular complexity index is 472. The molecule has 0 saturated heterocycles. The number of hydrogen-bond donors (Lipinski definition) is 1. The Morgan fingerprint density at radius 2 is 1.95 bits per heavy atom. The fraction of sp³-hybridized carbons (Fsp3) is 0.385. The monoisotopic (exact) mass is 267 g/mol. The Hall–Kier alpha value is -2.24. The Morgan fingerprint density at radius 3 is 2.47 bits per heavy atom. The summed E-state index contributed by atoms with van der Waals surface area (Å²) in [7, 11) is 4.59. The van der Waals surface area contributed by atoms with Crippen molar-refractivity contribution in [1.82, 2.24) is 4.90 Å². The first-order chi connectivity index (χ1) is 8.99. The number of carboxylic acids is 1. The molecule has 6 nitrogen and oxygen atoms in total. The van der Waals surface area contributed by atoms with Crippen molar-refractivity contribution in [2.75, 3.05) is 21.3 Å². The second kappa shape index (κ2) is 6.63. The van der Waals surface area contributed by atoms with Crippen molar-refractivity contribution in [3.8, 4) is 11.5 Å². The third-order valence-corrected chi connectivity index (χ3v) is 2.62. The summed E-state index contributed by atoms with van der Waals surface area (Å²) in [6.45, 7) is 0.256. The number of hydrogen-bond acceptors (Lipinski definition) is 4. The maximum Gasteiger partial charge on any atom is 0.312 e. The number of benzene rings is 1. The zero-order valence-electron chi connectivity index (χ0n) is 11.2. The van der Waals surface area contributed by atoms with Crippen LogP contribution >= 0.6 is 0 Å². The average molecular weight is 267 g/mol. The predicted octanol–water partition coefficient (Wildman–Crippen LogP) is 1.14. The molecule has 0 aliphatic heterocycles. The van der Waals surface area contributed by atoms with E-state index in [9.17, 15) is 9.59 Å². The maximum atomic E-state index is 11.6. The molecule has 1 amide bonds. The third kappa shape index (κ3) is 3.87. The molecule has 0 saturated carbocycles. The summed E-state index contributed by atoms with van der Waals surface area (Å²) in [6, 6.07) is 5.33. The van der Waals surface area contributed by atoms with Gasteiger partial charge in [0.2, 0.25) is 5.91 Å². The van der Waals surface area contributed by atoms with Crippen molar-refractivity contribution >= 4 is 11.9 Å². The second-order valence-electron chi connectivity index (χ2n) is 3.97. The first-order valence-corrected chi connectivity index (χ1v) is 5.65. The second-order valence-corrected chi connectivity index (χ2v) is 3.97. The standard InChI is InChI=1S/C13H17NO5/c1-14(11(15)7-12(16)17)8-9-5-4-6-10(18-2)13(9)19-3/h4-6H,7-8H2,1-3H3,(H,16,17). The highest BCUT2D eigenvalue weighted by atomic mass is 16.5. The highest BCUT2D eigenvalue weighted by Gasteiger charge is 2.16. The lowest BCUT2D eigenvalue weighted by molar-refractivity contribution is -0.143. The van der Waals surface area contributed by atoms with Gasteiger partial charge in [-0.2, -0.15) is 0 Å². The van der Waals surface area contributed by atoms with Gasteiger partial charge < -0.3 is 19.5 Å². The van der Waals surface area contributed by atoms with Crippen molar-refractivity contribution in [2.45, 2.75) is 13.0 Å². The van der Waals surface area contributed by atoms with Gasteiger partial charge in [0, 0.05) is 19.2 Å². The van der Waals surface area contributed by atoms with E-state index in [0.717, 1.165) is 5.56 Å². The van der Waals surface area contributed by atoms with E-state index in [0.29, 0.717) is 11.5 Å². The molecular weight excluding hydrogens is 250 g/mol. The summed E-state index contributed by atoms with van der Waals surface area (Å²) in [5.74, 6) is -0.495. The van der Waals surface area contributed by atoms with Crippen molar-refractivity contribution in [2.24, 2.45) is 0 Å². The van der Waals surface area contributed by atoms with Gasteiger partial charge in [-0.25, -0.2) is 0 Å². The highest BCUT2D eigenvalue weighted by Crippen LogP contribution is 2.31. The van der Waals surface area contributed by atoms with Gasteiger partial charge in [-0.15, -0.1) is 0 Å². The number of ether oxygens (including phenoxy) is 2. The van der Waals surface area contributed by atoms with Crippen LogP contribution in [-0.4, -0.2) is 43.2 Å². The van der Waals surface area contributed by atoms with E-state index in [1.165, 1.54) is 19.1 Å². The SMILES string of the molecule is COc1cccc(CN(C)C(=O)CC(=O)O)c1OC. The molecule has 0 atom stereocenters. The van der Waals surface area contributed by atoms with Crippen molar-refractivity contribution in [1.29, 1.82) is 0 Å². The minimum Gasteiger partial charge on any atom is -0.493 e. The van der Waals surface area contributed by atoms with Crippen molar-refractivity contribution in [3.63, 3.8) is 0 Å². The van der Waals surface area contributed by atoms with Crippen LogP contribution in [-0.2, 0) is 16.1 Å². The van der Waals surface area contributed by atoms with Crippen LogP contribution in [0.15, 0.2) is 18.2 Å². The lowest BCUT2D eigenvalue weighted by atomic mass is 10.1. The van der Waals surface area contributed by atoms with Crippen LogP contribution in [0.1, 0.15) is 12.0 Å². The van der Waals surface area contributed by atoms with Gasteiger partial charge >= 0.3 is 5.97 Å². The van der Waals surface area contributed by atoms with Gasteiger partial charge in [0.25, 0.3) is 0 Å². The van der Waals surface area contributed by atoms with E-state index in [4.69, 9.17) is 14.6 Å². The lowest BCUT2D eigenvalue weighted by Crippen LogP contribution is -2.28.